The van der Waals surface area contributed by atoms with E-state index < -0.39 is 0 Å². The van der Waals surface area contributed by atoms with Crippen molar-refractivity contribution in [1.29, 1.82) is 0 Å². The molecule has 2 saturated heterocycles. The molecule has 1 N–H and O–H groups in total. The SMILES string of the molecule is O=C(Nc1cc(C(=O)N2CCCCCC2)ccc1N1C[C@H]2C[C@@H](C1)c1cccc(=O)n1C2)c1ccccc1Br. The zero-order valence-electron chi connectivity index (χ0n) is 21.9. The van der Waals surface area contributed by atoms with Crippen molar-refractivity contribution in [1.82, 2.24) is 9.47 Å². The van der Waals surface area contributed by atoms with Crippen molar-refractivity contribution >= 4 is 39.1 Å². The van der Waals surface area contributed by atoms with Crippen molar-refractivity contribution in [3.8, 4) is 0 Å². The van der Waals surface area contributed by atoms with Crippen LogP contribution in [0.3, 0.4) is 0 Å². The van der Waals surface area contributed by atoms with Gasteiger partial charge in [0.05, 0.1) is 16.9 Å². The molecule has 0 aliphatic carbocycles. The molecule has 2 aromatic carbocycles. The fourth-order valence-corrected chi connectivity index (χ4v) is 6.89. The van der Waals surface area contributed by atoms with Crippen molar-refractivity contribution in [2.75, 3.05) is 36.4 Å². The molecule has 1 aromatic heterocycles. The number of aromatic nitrogens is 1. The predicted octanol–water partition coefficient (Wildman–Crippen LogP) is 5.50. The summed E-state index contributed by atoms with van der Waals surface area (Å²) >= 11 is 3.50. The van der Waals surface area contributed by atoms with Gasteiger partial charge in [-0.05, 0) is 77.5 Å². The second kappa shape index (κ2) is 11.0. The number of rotatable bonds is 4. The normalized spacial score (nSPS) is 20.6. The van der Waals surface area contributed by atoms with Crippen LogP contribution in [0.4, 0.5) is 11.4 Å². The van der Waals surface area contributed by atoms with Crippen molar-refractivity contribution in [3.05, 3.63) is 92.3 Å². The fourth-order valence-electron chi connectivity index (χ4n) is 6.43. The monoisotopic (exact) mass is 588 g/mol. The van der Waals surface area contributed by atoms with E-state index in [4.69, 9.17) is 0 Å². The van der Waals surface area contributed by atoms with E-state index in [1.54, 1.807) is 12.1 Å². The Morgan fingerprint density at radius 2 is 1.67 bits per heavy atom. The van der Waals surface area contributed by atoms with Crippen LogP contribution in [-0.2, 0) is 6.54 Å². The number of likely N-dealkylation sites (tertiary alicyclic amines) is 1. The zero-order valence-corrected chi connectivity index (χ0v) is 23.5. The Morgan fingerprint density at radius 3 is 2.46 bits per heavy atom. The third-order valence-electron chi connectivity index (χ3n) is 8.32. The lowest BCUT2D eigenvalue weighted by Gasteiger charge is -2.44. The highest BCUT2D eigenvalue weighted by Gasteiger charge is 2.35. The maximum Gasteiger partial charge on any atom is 0.256 e. The lowest BCUT2D eigenvalue weighted by molar-refractivity contribution is 0.0761. The molecule has 3 aromatic rings. The number of carbonyl (C=O) groups excluding carboxylic acids is 2. The minimum atomic E-state index is -0.225. The second-order valence-electron chi connectivity index (χ2n) is 11.0. The molecule has 8 heteroatoms. The Hall–Kier alpha value is -3.39. The van der Waals surface area contributed by atoms with E-state index in [2.05, 4.69) is 32.2 Å². The lowest BCUT2D eigenvalue weighted by atomic mass is 9.83. The summed E-state index contributed by atoms with van der Waals surface area (Å²) < 4.78 is 2.64. The standard InChI is InChI=1S/C31H33BrN4O3/c32-25-9-4-3-8-24(25)30(38)33-26-17-22(31(39)34-14-5-1-2-6-15-34)12-13-28(26)35-18-21-16-23(20-35)27-10-7-11-29(37)36(27)19-21/h3-4,7-13,17,21,23H,1-2,5-6,14-16,18-20H2,(H,33,38)/t21-,23+/m1/s1. The number of carbonyl (C=O) groups is 2. The summed E-state index contributed by atoms with van der Waals surface area (Å²) in [6, 6.07) is 18.6. The first-order valence-electron chi connectivity index (χ1n) is 13.9. The Bertz CT molecular complexity index is 1460. The number of amides is 2. The average molecular weight is 590 g/mol. The largest absolute Gasteiger partial charge is 0.369 e. The van der Waals surface area contributed by atoms with E-state index in [1.807, 2.05) is 51.9 Å². The van der Waals surface area contributed by atoms with Crippen LogP contribution < -0.4 is 15.8 Å². The van der Waals surface area contributed by atoms with Crippen molar-refractivity contribution < 1.29 is 9.59 Å². The molecule has 3 aliphatic rings. The molecule has 6 rings (SSSR count). The van der Waals surface area contributed by atoms with Gasteiger partial charge in [-0.2, -0.15) is 0 Å². The number of fused-ring (bicyclic) bond motifs is 4. The topological polar surface area (TPSA) is 74.7 Å². The van der Waals surface area contributed by atoms with E-state index in [0.29, 0.717) is 29.3 Å². The molecule has 2 atom stereocenters. The molecule has 0 saturated carbocycles. The van der Waals surface area contributed by atoms with Crippen LogP contribution in [-0.4, -0.2) is 47.5 Å². The van der Waals surface area contributed by atoms with E-state index in [0.717, 1.165) is 74.1 Å². The van der Waals surface area contributed by atoms with Crippen molar-refractivity contribution in [2.24, 2.45) is 5.92 Å². The van der Waals surface area contributed by atoms with Crippen LogP contribution >= 0.6 is 15.9 Å². The first-order valence-corrected chi connectivity index (χ1v) is 14.7. The Labute approximate surface area is 236 Å². The van der Waals surface area contributed by atoms with Gasteiger partial charge in [-0.1, -0.05) is 31.0 Å². The summed E-state index contributed by atoms with van der Waals surface area (Å²) in [7, 11) is 0. The molecule has 0 spiro atoms. The number of benzene rings is 2. The first kappa shape index (κ1) is 25.9. The number of anilines is 2. The van der Waals surface area contributed by atoms with Gasteiger partial charge in [-0.25, -0.2) is 0 Å². The van der Waals surface area contributed by atoms with Crippen LogP contribution in [0.5, 0.6) is 0 Å². The van der Waals surface area contributed by atoms with Gasteiger partial charge >= 0.3 is 0 Å². The minimum Gasteiger partial charge on any atom is -0.369 e. The molecular formula is C31H33BrN4O3. The minimum absolute atomic E-state index is 0.0173. The predicted molar refractivity (Wildman–Crippen MR) is 157 cm³/mol. The Kier molecular flexibility index (Phi) is 7.30. The van der Waals surface area contributed by atoms with Crippen LogP contribution in [0.1, 0.15) is 64.4 Å². The maximum absolute atomic E-state index is 13.5. The molecule has 3 aliphatic heterocycles. The van der Waals surface area contributed by atoms with Gasteiger partial charge in [-0.3, -0.25) is 14.4 Å². The summed E-state index contributed by atoms with van der Waals surface area (Å²) in [6.45, 7) is 3.78. The maximum atomic E-state index is 13.5. The Balaban J connectivity index is 1.34. The van der Waals surface area contributed by atoms with E-state index >= 15 is 0 Å². The van der Waals surface area contributed by atoms with Gasteiger partial charge in [-0.15, -0.1) is 0 Å². The quantitative estimate of drug-likeness (QED) is 0.436. The third kappa shape index (κ3) is 5.26. The van der Waals surface area contributed by atoms with Crippen LogP contribution in [0, 0.1) is 5.92 Å². The number of nitrogens with one attached hydrogen (secondary N) is 1. The van der Waals surface area contributed by atoms with Gasteiger partial charge in [0.15, 0.2) is 0 Å². The van der Waals surface area contributed by atoms with Crippen LogP contribution in [0.15, 0.2) is 69.9 Å². The number of halogens is 1. The molecule has 7 nitrogen and oxygen atoms in total. The second-order valence-corrected chi connectivity index (χ2v) is 11.8. The molecule has 2 amide bonds. The number of piperidine rings is 1. The van der Waals surface area contributed by atoms with Gasteiger partial charge in [0.2, 0.25) is 0 Å². The molecule has 202 valence electrons. The van der Waals surface area contributed by atoms with Gasteiger partial charge < -0.3 is 19.7 Å². The summed E-state index contributed by atoms with van der Waals surface area (Å²) in [5, 5.41) is 3.13. The highest BCUT2D eigenvalue weighted by atomic mass is 79.9. The van der Waals surface area contributed by atoms with E-state index in [9.17, 15) is 14.4 Å². The van der Waals surface area contributed by atoms with E-state index in [-0.39, 0.29) is 23.3 Å². The summed E-state index contributed by atoms with van der Waals surface area (Å²) in [5.41, 5.74) is 3.82. The van der Waals surface area contributed by atoms with Crippen molar-refractivity contribution in [2.45, 2.75) is 44.6 Å². The average Bonchev–Trinajstić information content (AvgIpc) is 3.23. The molecule has 4 heterocycles. The summed E-state index contributed by atoms with van der Waals surface area (Å²) in [5.74, 6) is 0.360. The van der Waals surface area contributed by atoms with E-state index in [1.165, 1.54) is 0 Å². The fraction of sp³-hybridized carbons (Fsp3) is 0.387. The summed E-state index contributed by atoms with van der Waals surface area (Å²) in [4.78, 5) is 43.7. The smallest absolute Gasteiger partial charge is 0.256 e. The number of pyridine rings is 1. The van der Waals surface area contributed by atoms with Gasteiger partial charge in [0.1, 0.15) is 0 Å². The number of nitrogens with zero attached hydrogens (tertiary/aromatic N) is 3. The van der Waals surface area contributed by atoms with Crippen LogP contribution in [0.25, 0.3) is 0 Å². The lowest BCUT2D eigenvalue weighted by Crippen LogP contribution is -2.47. The summed E-state index contributed by atoms with van der Waals surface area (Å²) in [6.07, 6.45) is 5.41. The number of hydrogen-bond acceptors (Lipinski definition) is 4. The molecule has 2 fully saturated rings. The van der Waals surface area contributed by atoms with Gasteiger partial charge in [0.25, 0.3) is 17.4 Å². The Morgan fingerprint density at radius 1 is 0.872 bits per heavy atom. The molecule has 0 radical (unpaired) electrons. The van der Waals surface area contributed by atoms with Crippen molar-refractivity contribution in [3.63, 3.8) is 0 Å². The van der Waals surface area contributed by atoms with Gasteiger partial charge in [0, 0.05) is 60.4 Å². The zero-order chi connectivity index (χ0) is 26.9. The molecule has 2 bridgehead atoms. The molecular weight excluding hydrogens is 556 g/mol. The highest BCUT2D eigenvalue weighted by molar-refractivity contribution is 9.10. The molecule has 39 heavy (non-hydrogen) atoms. The molecule has 0 unspecified atom stereocenters. The number of hydrogen-bond donors (Lipinski definition) is 1. The van der Waals surface area contributed by atoms with Crippen LogP contribution in [0.2, 0.25) is 0 Å². The first-order chi connectivity index (χ1) is 19.0. The third-order valence-corrected chi connectivity index (χ3v) is 9.02. The highest BCUT2D eigenvalue weighted by Crippen LogP contribution is 2.39.